The summed E-state index contributed by atoms with van der Waals surface area (Å²) in [5.74, 6) is 0.239. The second-order valence-corrected chi connectivity index (χ2v) is 3.08. The molecule has 2 nitrogen and oxygen atoms in total. The van der Waals surface area contributed by atoms with Gasteiger partial charge in [0, 0.05) is 0 Å². The maximum Gasteiger partial charge on any atom is 0.0806 e. The van der Waals surface area contributed by atoms with Crippen LogP contribution in [0.1, 0.15) is 33.6 Å². The van der Waals surface area contributed by atoms with E-state index >= 15 is 0 Å². The van der Waals surface area contributed by atoms with Crippen molar-refractivity contribution in [3.8, 4) is 0 Å². The molecule has 0 rings (SSSR count). The Balaban J connectivity index is 3.91. The van der Waals surface area contributed by atoms with Gasteiger partial charge in [0.15, 0.2) is 0 Å². The zero-order valence-corrected chi connectivity index (χ0v) is 7.54. The summed E-state index contributed by atoms with van der Waals surface area (Å²) < 4.78 is 0. The molecular formula is C9H18O2. The van der Waals surface area contributed by atoms with E-state index in [4.69, 9.17) is 5.11 Å². The van der Waals surface area contributed by atoms with Crippen LogP contribution < -0.4 is 0 Å². The van der Waals surface area contributed by atoms with Gasteiger partial charge in [-0.25, -0.2) is 0 Å². The minimum Gasteiger partial charge on any atom is -0.516 e. The maximum absolute atomic E-state index is 9.49. The number of aliphatic hydroxyl groups is 2. The van der Waals surface area contributed by atoms with Crippen LogP contribution in [0.5, 0.6) is 0 Å². The van der Waals surface area contributed by atoms with Gasteiger partial charge in [-0.2, -0.15) is 0 Å². The molecule has 0 saturated heterocycles. The zero-order chi connectivity index (χ0) is 8.85. The van der Waals surface area contributed by atoms with Crippen LogP contribution in [0.4, 0.5) is 0 Å². The highest BCUT2D eigenvalue weighted by atomic mass is 16.3. The Morgan fingerprint density at radius 1 is 1.55 bits per heavy atom. The molecule has 0 spiro atoms. The lowest BCUT2D eigenvalue weighted by atomic mass is 9.95. The van der Waals surface area contributed by atoms with E-state index in [0.717, 1.165) is 19.1 Å². The minimum absolute atomic E-state index is 0.239. The molecule has 0 aromatic heterocycles. The van der Waals surface area contributed by atoms with E-state index in [-0.39, 0.29) is 5.92 Å². The summed E-state index contributed by atoms with van der Waals surface area (Å²) >= 11 is 0. The van der Waals surface area contributed by atoms with Gasteiger partial charge in [-0.3, -0.25) is 0 Å². The number of hydrogen-bond acceptors (Lipinski definition) is 2. The summed E-state index contributed by atoms with van der Waals surface area (Å²) in [6.45, 7) is 5.80. The summed E-state index contributed by atoms with van der Waals surface area (Å²) in [6, 6.07) is 0. The van der Waals surface area contributed by atoms with Crippen molar-refractivity contribution < 1.29 is 10.2 Å². The minimum atomic E-state index is -0.486. The smallest absolute Gasteiger partial charge is 0.0806 e. The van der Waals surface area contributed by atoms with Crippen LogP contribution in [0, 0.1) is 5.92 Å². The molecule has 0 fully saturated rings. The van der Waals surface area contributed by atoms with Gasteiger partial charge in [-0.15, -0.1) is 0 Å². The Labute approximate surface area is 68.6 Å². The quantitative estimate of drug-likeness (QED) is 0.616. The third-order valence-electron chi connectivity index (χ3n) is 1.95. The summed E-state index contributed by atoms with van der Waals surface area (Å²) in [5.41, 5.74) is 0.644. The number of rotatable bonds is 4. The monoisotopic (exact) mass is 158 g/mol. The average Bonchev–Trinajstić information content (AvgIpc) is 2.02. The van der Waals surface area contributed by atoms with Gasteiger partial charge < -0.3 is 10.2 Å². The summed E-state index contributed by atoms with van der Waals surface area (Å²) in [6.07, 6.45) is 2.56. The normalized spacial score (nSPS) is 18.0. The van der Waals surface area contributed by atoms with E-state index in [1.165, 1.54) is 0 Å². The van der Waals surface area contributed by atoms with Crippen LogP contribution in [0.2, 0.25) is 0 Å². The Morgan fingerprint density at radius 2 is 2.09 bits per heavy atom. The van der Waals surface area contributed by atoms with Crippen molar-refractivity contribution in [2.75, 3.05) is 0 Å². The second kappa shape index (κ2) is 5.19. The molecule has 66 valence electrons. The van der Waals surface area contributed by atoms with E-state index in [1.807, 2.05) is 6.92 Å². The SMILES string of the molecule is CCCC(C)C(O)C(C)=CO. The van der Waals surface area contributed by atoms with Gasteiger partial charge in [0.2, 0.25) is 0 Å². The molecule has 0 aliphatic rings. The first-order chi connectivity index (χ1) is 5.13. The second-order valence-electron chi connectivity index (χ2n) is 3.08. The van der Waals surface area contributed by atoms with E-state index in [9.17, 15) is 5.11 Å². The molecule has 0 heterocycles. The largest absolute Gasteiger partial charge is 0.516 e. The standard InChI is InChI=1S/C9H18O2/c1-4-5-7(2)9(11)8(3)6-10/h6-7,9-11H,4-5H2,1-3H3. The topological polar surface area (TPSA) is 40.5 Å². The van der Waals surface area contributed by atoms with Crippen molar-refractivity contribution in [1.29, 1.82) is 0 Å². The van der Waals surface area contributed by atoms with Crippen molar-refractivity contribution in [2.45, 2.75) is 39.7 Å². The molecule has 0 amide bonds. The predicted molar refractivity (Wildman–Crippen MR) is 46.5 cm³/mol. The summed E-state index contributed by atoms with van der Waals surface area (Å²) in [4.78, 5) is 0. The lowest BCUT2D eigenvalue weighted by Crippen LogP contribution is -2.18. The van der Waals surface area contributed by atoms with Crippen LogP contribution >= 0.6 is 0 Å². The molecule has 0 bridgehead atoms. The van der Waals surface area contributed by atoms with Crippen molar-refractivity contribution in [3.63, 3.8) is 0 Å². The van der Waals surface area contributed by atoms with Crippen molar-refractivity contribution in [2.24, 2.45) is 5.92 Å². The Hall–Kier alpha value is -0.500. The van der Waals surface area contributed by atoms with Crippen molar-refractivity contribution >= 4 is 0 Å². The average molecular weight is 158 g/mol. The lowest BCUT2D eigenvalue weighted by molar-refractivity contribution is 0.142. The molecule has 0 aliphatic heterocycles. The molecular weight excluding hydrogens is 140 g/mol. The van der Waals surface area contributed by atoms with Crippen LogP contribution in [0.3, 0.4) is 0 Å². The first-order valence-corrected chi connectivity index (χ1v) is 4.12. The van der Waals surface area contributed by atoms with Gasteiger partial charge >= 0.3 is 0 Å². The Bertz CT molecular complexity index is 130. The molecule has 2 unspecified atom stereocenters. The fourth-order valence-corrected chi connectivity index (χ4v) is 1.14. The van der Waals surface area contributed by atoms with Crippen LogP contribution in [0.25, 0.3) is 0 Å². The molecule has 0 aliphatic carbocycles. The lowest BCUT2D eigenvalue weighted by Gasteiger charge is -2.17. The molecule has 0 aromatic carbocycles. The first-order valence-electron chi connectivity index (χ1n) is 4.12. The molecule has 0 aromatic rings. The van der Waals surface area contributed by atoms with Crippen LogP contribution in [-0.2, 0) is 0 Å². The molecule has 2 N–H and O–H groups in total. The third kappa shape index (κ3) is 3.42. The molecule has 2 atom stereocenters. The first kappa shape index (κ1) is 10.5. The van der Waals surface area contributed by atoms with Crippen LogP contribution in [-0.4, -0.2) is 16.3 Å². The molecule has 0 saturated carbocycles. The van der Waals surface area contributed by atoms with E-state index in [2.05, 4.69) is 6.92 Å². The number of hydrogen-bond donors (Lipinski definition) is 2. The molecule has 0 radical (unpaired) electrons. The summed E-state index contributed by atoms with van der Waals surface area (Å²) in [7, 11) is 0. The highest BCUT2D eigenvalue weighted by molar-refractivity contribution is 5.01. The van der Waals surface area contributed by atoms with Gasteiger partial charge in [0.05, 0.1) is 12.4 Å². The van der Waals surface area contributed by atoms with Gasteiger partial charge in [0.1, 0.15) is 0 Å². The van der Waals surface area contributed by atoms with Crippen molar-refractivity contribution in [3.05, 3.63) is 11.8 Å². The van der Waals surface area contributed by atoms with E-state index in [1.54, 1.807) is 6.92 Å². The zero-order valence-electron chi connectivity index (χ0n) is 7.54. The highest BCUT2D eigenvalue weighted by Gasteiger charge is 2.14. The fourth-order valence-electron chi connectivity index (χ4n) is 1.14. The van der Waals surface area contributed by atoms with E-state index in [0.29, 0.717) is 5.57 Å². The summed E-state index contributed by atoms with van der Waals surface area (Å²) in [5, 5.41) is 18.1. The fraction of sp³-hybridized carbons (Fsp3) is 0.778. The maximum atomic E-state index is 9.49. The predicted octanol–water partition coefficient (Wildman–Crippen LogP) is 2.25. The highest BCUT2D eigenvalue weighted by Crippen LogP contribution is 2.16. The molecule has 2 heteroatoms. The van der Waals surface area contributed by atoms with Gasteiger partial charge in [-0.05, 0) is 24.8 Å². The van der Waals surface area contributed by atoms with Crippen LogP contribution in [0.15, 0.2) is 11.8 Å². The van der Waals surface area contributed by atoms with Gasteiger partial charge in [0.25, 0.3) is 0 Å². The Kier molecular flexibility index (Phi) is 4.95. The Morgan fingerprint density at radius 3 is 2.45 bits per heavy atom. The van der Waals surface area contributed by atoms with Gasteiger partial charge in [-0.1, -0.05) is 20.3 Å². The number of aliphatic hydroxyl groups excluding tert-OH is 2. The third-order valence-corrected chi connectivity index (χ3v) is 1.95. The molecule has 11 heavy (non-hydrogen) atoms. The van der Waals surface area contributed by atoms with E-state index < -0.39 is 6.10 Å². The van der Waals surface area contributed by atoms with Crippen molar-refractivity contribution in [1.82, 2.24) is 0 Å².